The summed E-state index contributed by atoms with van der Waals surface area (Å²) in [5.74, 6) is -0.0552. The van der Waals surface area contributed by atoms with Crippen molar-refractivity contribution in [1.29, 1.82) is 0 Å². The van der Waals surface area contributed by atoms with E-state index in [9.17, 15) is 13.2 Å². The fourth-order valence-electron chi connectivity index (χ4n) is 2.94. The first-order valence-electron chi connectivity index (χ1n) is 8.33. The number of hydrogen-bond acceptors (Lipinski definition) is 5. The van der Waals surface area contributed by atoms with Crippen LogP contribution >= 0.6 is 22.7 Å². The average Bonchev–Trinajstić information content (AvgIpc) is 3.27. The van der Waals surface area contributed by atoms with E-state index in [-0.39, 0.29) is 11.8 Å². The fraction of sp³-hybridized carbons (Fsp3) is 0.471. The smallest absolute Gasteiger partial charge is 0.252 e. The number of sulfonamides is 1. The van der Waals surface area contributed by atoms with Crippen molar-refractivity contribution in [1.82, 2.24) is 9.62 Å². The number of thiophene rings is 2. The van der Waals surface area contributed by atoms with Gasteiger partial charge in [0.05, 0.1) is 0 Å². The lowest BCUT2D eigenvalue weighted by Gasteiger charge is -2.30. The van der Waals surface area contributed by atoms with Gasteiger partial charge < -0.3 is 5.32 Å². The van der Waals surface area contributed by atoms with Gasteiger partial charge in [-0.3, -0.25) is 4.79 Å². The minimum Gasteiger partial charge on any atom is -0.355 e. The Balaban J connectivity index is 1.48. The van der Waals surface area contributed by atoms with Gasteiger partial charge in [-0.15, -0.1) is 22.7 Å². The van der Waals surface area contributed by atoms with Crippen LogP contribution in [0.15, 0.2) is 33.9 Å². The molecule has 0 spiro atoms. The highest BCUT2D eigenvalue weighted by Crippen LogP contribution is 2.28. The summed E-state index contributed by atoms with van der Waals surface area (Å²) in [5, 5.41) is 5.01. The van der Waals surface area contributed by atoms with Gasteiger partial charge in [0.25, 0.3) is 10.0 Å². The van der Waals surface area contributed by atoms with E-state index in [0.29, 0.717) is 36.7 Å². The topological polar surface area (TPSA) is 66.5 Å². The maximum atomic E-state index is 12.6. The molecule has 2 aromatic heterocycles. The van der Waals surface area contributed by atoms with Crippen LogP contribution in [0.4, 0.5) is 0 Å². The maximum absolute atomic E-state index is 12.6. The Morgan fingerprint density at radius 1 is 1.28 bits per heavy atom. The second-order valence-corrected chi connectivity index (χ2v) is 10.6. The van der Waals surface area contributed by atoms with Gasteiger partial charge in [-0.05, 0) is 49.8 Å². The molecule has 25 heavy (non-hydrogen) atoms. The Morgan fingerprint density at radius 3 is 2.64 bits per heavy atom. The van der Waals surface area contributed by atoms with Gasteiger partial charge in [0, 0.05) is 35.3 Å². The highest BCUT2D eigenvalue weighted by atomic mass is 32.2. The first-order valence-corrected chi connectivity index (χ1v) is 11.5. The van der Waals surface area contributed by atoms with Crippen molar-refractivity contribution in [3.8, 4) is 0 Å². The summed E-state index contributed by atoms with van der Waals surface area (Å²) >= 11 is 2.99. The van der Waals surface area contributed by atoms with Crippen LogP contribution in [0.1, 0.15) is 22.6 Å². The quantitative estimate of drug-likeness (QED) is 0.814. The van der Waals surface area contributed by atoms with Gasteiger partial charge in [-0.1, -0.05) is 6.07 Å². The van der Waals surface area contributed by atoms with Crippen molar-refractivity contribution in [2.75, 3.05) is 19.6 Å². The minimum atomic E-state index is -3.42. The molecule has 0 radical (unpaired) electrons. The van der Waals surface area contributed by atoms with Crippen LogP contribution in [0.25, 0.3) is 0 Å². The van der Waals surface area contributed by atoms with E-state index in [2.05, 4.69) is 11.4 Å². The van der Waals surface area contributed by atoms with E-state index in [4.69, 9.17) is 0 Å². The standard InChI is InChI=1S/C17H22N2O3S3/c1-13-4-5-16(24-13)25(21,22)19-10-7-14(8-11-19)17(20)18-9-6-15-3-2-12-23-15/h2-5,12,14H,6-11H2,1H3,(H,18,20). The predicted octanol–water partition coefficient (Wildman–Crippen LogP) is 2.88. The third-order valence-electron chi connectivity index (χ3n) is 4.39. The van der Waals surface area contributed by atoms with E-state index in [1.54, 1.807) is 17.4 Å². The Morgan fingerprint density at radius 2 is 2.04 bits per heavy atom. The zero-order valence-electron chi connectivity index (χ0n) is 14.1. The first-order chi connectivity index (χ1) is 12.0. The number of nitrogens with one attached hydrogen (secondary N) is 1. The normalized spacial score (nSPS) is 16.8. The van der Waals surface area contributed by atoms with Crippen molar-refractivity contribution in [3.63, 3.8) is 0 Å². The molecule has 2 aromatic rings. The number of rotatable bonds is 6. The zero-order valence-corrected chi connectivity index (χ0v) is 16.6. The molecular weight excluding hydrogens is 376 g/mol. The lowest BCUT2D eigenvalue weighted by molar-refractivity contribution is -0.126. The van der Waals surface area contributed by atoms with Crippen LogP contribution in [0.3, 0.4) is 0 Å². The molecule has 0 aromatic carbocycles. The monoisotopic (exact) mass is 398 g/mol. The molecule has 1 fully saturated rings. The number of hydrogen-bond donors (Lipinski definition) is 1. The Hall–Kier alpha value is -1.22. The Labute approximate surface area is 156 Å². The molecule has 1 N–H and O–H groups in total. The van der Waals surface area contributed by atoms with E-state index >= 15 is 0 Å². The molecule has 0 saturated carbocycles. The number of aryl methyl sites for hydroxylation is 1. The molecule has 1 aliphatic rings. The SMILES string of the molecule is Cc1ccc(S(=O)(=O)N2CCC(C(=O)NCCc3cccs3)CC2)s1. The van der Waals surface area contributed by atoms with E-state index in [1.807, 2.05) is 24.4 Å². The summed E-state index contributed by atoms with van der Waals surface area (Å²) in [6.45, 7) is 3.34. The predicted molar refractivity (Wildman–Crippen MR) is 102 cm³/mol. The molecule has 0 atom stereocenters. The number of nitrogens with zero attached hydrogens (tertiary/aromatic N) is 1. The average molecular weight is 399 g/mol. The second kappa shape index (κ2) is 7.99. The highest BCUT2D eigenvalue weighted by Gasteiger charge is 2.32. The molecule has 0 bridgehead atoms. The van der Waals surface area contributed by atoms with E-state index in [0.717, 1.165) is 11.3 Å². The maximum Gasteiger partial charge on any atom is 0.252 e. The molecule has 136 valence electrons. The molecule has 1 saturated heterocycles. The number of amides is 1. The number of piperidine rings is 1. The molecule has 1 aliphatic heterocycles. The van der Waals surface area contributed by atoms with Crippen molar-refractivity contribution in [3.05, 3.63) is 39.4 Å². The summed E-state index contributed by atoms with van der Waals surface area (Å²) in [5.41, 5.74) is 0. The van der Waals surface area contributed by atoms with Gasteiger partial charge in [0.1, 0.15) is 4.21 Å². The van der Waals surface area contributed by atoms with Crippen LogP contribution < -0.4 is 5.32 Å². The fourth-order valence-corrected chi connectivity index (χ4v) is 6.56. The van der Waals surface area contributed by atoms with Crippen molar-refractivity contribution < 1.29 is 13.2 Å². The third kappa shape index (κ3) is 4.49. The molecule has 0 unspecified atom stereocenters. The molecule has 1 amide bonds. The van der Waals surface area contributed by atoms with Gasteiger partial charge >= 0.3 is 0 Å². The molecule has 8 heteroatoms. The summed E-state index contributed by atoms with van der Waals surface area (Å²) < 4.78 is 27.1. The second-order valence-electron chi connectivity index (χ2n) is 6.16. The molecule has 3 heterocycles. The van der Waals surface area contributed by atoms with Crippen LogP contribution in [-0.2, 0) is 21.2 Å². The summed E-state index contributed by atoms with van der Waals surface area (Å²) in [6.07, 6.45) is 2.00. The van der Waals surface area contributed by atoms with Gasteiger partial charge in [-0.2, -0.15) is 4.31 Å². The van der Waals surface area contributed by atoms with E-state index in [1.165, 1.54) is 20.5 Å². The molecule has 0 aliphatic carbocycles. The summed E-state index contributed by atoms with van der Waals surface area (Å²) in [6, 6.07) is 7.56. The Bertz CT molecular complexity index is 804. The van der Waals surface area contributed by atoms with Gasteiger partial charge in [-0.25, -0.2) is 8.42 Å². The van der Waals surface area contributed by atoms with Crippen LogP contribution in [-0.4, -0.2) is 38.3 Å². The van der Waals surface area contributed by atoms with Crippen molar-refractivity contribution in [2.24, 2.45) is 5.92 Å². The summed E-state index contributed by atoms with van der Waals surface area (Å²) in [7, 11) is -3.42. The minimum absolute atomic E-state index is 0.0422. The van der Waals surface area contributed by atoms with Crippen molar-refractivity contribution >= 4 is 38.6 Å². The molecular formula is C17H22N2O3S3. The van der Waals surface area contributed by atoms with E-state index < -0.39 is 10.0 Å². The van der Waals surface area contributed by atoms with Gasteiger partial charge in [0.15, 0.2) is 0 Å². The van der Waals surface area contributed by atoms with Crippen LogP contribution in [0, 0.1) is 12.8 Å². The number of carbonyl (C=O) groups excluding carboxylic acids is 1. The number of carbonyl (C=O) groups is 1. The van der Waals surface area contributed by atoms with Crippen LogP contribution in [0.2, 0.25) is 0 Å². The zero-order chi connectivity index (χ0) is 17.9. The molecule has 5 nitrogen and oxygen atoms in total. The van der Waals surface area contributed by atoms with Crippen LogP contribution in [0.5, 0.6) is 0 Å². The highest BCUT2D eigenvalue weighted by molar-refractivity contribution is 7.91. The lowest BCUT2D eigenvalue weighted by atomic mass is 9.97. The third-order valence-corrected chi connectivity index (χ3v) is 8.69. The molecule has 3 rings (SSSR count). The lowest BCUT2D eigenvalue weighted by Crippen LogP contribution is -2.43. The first kappa shape index (κ1) is 18.6. The van der Waals surface area contributed by atoms with Gasteiger partial charge in [0.2, 0.25) is 5.91 Å². The van der Waals surface area contributed by atoms with Crippen molar-refractivity contribution in [2.45, 2.75) is 30.4 Å². The largest absolute Gasteiger partial charge is 0.355 e. The Kier molecular flexibility index (Phi) is 5.93. The summed E-state index contributed by atoms with van der Waals surface area (Å²) in [4.78, 5) is 14.5.